The van der Waals surface area contributed by atoms with E-state index in [1.807, 2.05) is 30.3 Å². The summed E-state index contributed by atoms with van der Waals surface area (Å²) < 4.78 is 22.6. The van der Waals surface area contributed by atoms with Crippen LogP contribution in [0.4, 0.5) is 4.39 Å². The maximum atomic E-state index is 15.7. The SMILES string of the molecule is Fc1c2c(c(-c3ccc4c(c3)oc3c(-c5c6ccccc6c(-c6ccccc6)c6ccccc56)cccc34)c3ccccc13)CCC=C2. The molecule has 1 aromatic heterocycles. The molecule has 10 rings (SSSR count). The molecule has 0 unspecified atom stereocenters. The van der Waals surface area contributed by atoms with E-state index >= 15 is 4.39 Å². The molecule has 2 heteroatoms. The van der Waals surface area contributed by atoms with Crippen LogP contribution in [-0.4, -0.2) is 0 Å². The molecular weight excluding hydrogens is 588 g/mol. The van der Waals surface area contributed by atoms with E-state index in [0.29, 0.717) is 10.9 Å². The smallest absolute Gasteiger partial charge is 0.143 e. The summed E-state index contributed by atoms with van der Waals surface area (Å²) >= 11 is 0. The summed E-state index contributed by atoms with van der Waals surface area (Å²) in [5, 5.41) is 8.58. The molecule has 0 atom stereocenters. The van der Waals surface area contributed by atoms with E-state index in [-0.39, 0.29) is 5.82 Å². The highest BCUT2D eigenvalue weighted by molar-refractivity contribution is 6.24. The lowest BCUT2D eigenvalue weighted by Crippen LogP contribution is -2.02. The summed E-state index contributed by atoms with van der Waals surface area (Å²) in [6.07, 6.45) is 5.74. The van der Waals surface area contributed by atoms with Crippen molar-refractivity contribution >= 4 is 60.3 Å². The van der Waals surface area contributed by atoms with Gasteiger partial charge in [0.25, 0.3) is 0 Å². The molecule has 0 saturated carbocycles. The lowest BCUT2D eigenvalue weighted by Gasteiger charge is -2.20. The molecule has 1 heterocycles. The molecule has 0 amide bonds. The first-order chi connectivity index (χ1) is 23.8. The molecule has 0 bridgehead atoms. The molecule has 0 spiro atoms. The maximum Gasteiger partial charge on any atom is 0.143 e. The molecule has 0 aliphatic heterocycles. The molecule has 48 heavy (non-hydrogen) atoms. The van der Waals surface area contributed by atoms with Crippen molar-refractivity contribution in [2.75, 3.05) is 0 Å². The third kappa shape index (κ3) is 3.90. The highest BCUT2D eigenvalue weighted by atomic mass is 19.1. The van der Waals surface area contributed by atoms with Crippen LogP contribution in [0, 0.1) is 5.82 Å². The first-order valence-corrected chi connectivity index (χ1v) is 16.6. The summed E-state index contributed by atoms with van der Waals surface area (Å²) in [6, 6.07) is 49.0. The number of rotatable bonds is 3. The lowest BCUT2D eigenvalue weighted by atomic mass is 9.84. The van der Waals surface area contributed by atoms with E-state index in [4.69, 9.17) is 4.42 Å². The topological polar surface area (TPSA) is 13.1 Å². The van der Waals surface area contributed by atoms with Gasteiger partial charge < -0.3 is 4.42 Å². The van der Waals surface area contributed by atoms with Crippen molar-refractivity contribution in [3.05, 3.63) is 163 Å². The summed E-state index contributed by atoms with van der Waals surface area (Å²) in [7, 11) is 0. The normalized spacial score (nSPS) is 12.9. The second-order valence-corrected chi connectivity index (χ2v) is 12.8. The average Bonchev–Trinajstić information content (AvgIpc) is 3.53. The van der Waals surface area contributed by atoms with Gasteiger partial charge in [-0.3, -0.25) is 0 Å². The molecule has 0 fully saturated rings. The number of para-hydroxylation sites is 1. The number of fused-ring (bicyclic) bond motifs is 7. The van der Waals surface area contributed by atoms with Crippen LogP contribution in [-0.2, 0) is 6.42 Å². The van der Waals surface area contributed by atoms with Gasteiger partial charge in [-0.15, -0.1) is 0 Å². The fourth-order valence-corrected chi connectivity index (χ4v) is 8.14. The predicted molar refractivity (Wildman–Crippen MR) is 200 cm³/mol. The Morgan fingerprint density at radius 1 is 0.479 bits per heavy atom. The van der Waals surface area contributed by atoms with Gasteiger partial charge in [-0.1, -0.05) is 140 Å². The van der Waals surface area contributed by atoms with Gasteiger partial charge >= 0.3 is 0 Å². The maximum absolute atomic E-state index is 15.7. The second-order valence-electron chi connectivity index (χ2n) is 12.8. The third-order valence-electron chi connectivity index (χ3n) is 10.2. The van der Waals surface area contributed by atoms with Crippen LogP contribution in [0.15, 0.2) is 150 Å². The minimum Gasteiger partial charge on any atom is -0.455 e. The quantitative estimate of drug-likeness (QED) is 0.180. The van der Waals surface area contributed by atoms with Crippen LogP contribution in [0.25, 0.3) is 93.7 Å². The van der Waals surface area contributed by atoms with Crippen molar-refractivity contribution in [3.8, 4) is 33.4 Å². The van der Waals surface area contributed by atoms with E-state index < -0.39 is 0 Å². The van der Waals surface area contributed by atoms with Crippen molar-refractivity contribution in [1.82, 2.24) is 0 Å². The summed E-state index contributed by atoms with van der Waals surface area (Å²) in [5.41, 5.74) is 10.3. The van der Waals surface area contributed by atoms with E-state index in [1.165, 1.54) is 38.2 Å². The van der Waals surface area contributed by atoms with Gasteiger partial charge in [0, 0.05) is 32.8 Å². The van der Waals surface area contributed by atoms with Crippen molar-refractivity contribution in [1.29, 1.82) is 0 Å². The number of allylic oxidation sites excluding steroid dienone is 1. The Hall–Kier alpha value is -5.99. The molecule has 1 aliphatic rings. The Kier molecular flexibility index (Phi) is 5.95. The largest absolute Gasteiger partial charge is 0.455 e. The highest BCUT2D eigenvalue weighted by Crippen LogP contribution is 2.47. The van der Waals surface area contributed by atoms with Gasteiger partial charge in [-0.05, 0) is 79.7 Å². The van der Waals surface area contributed by atoms with Crippen LogP contribution in [0.2, 0.25) is 0 Å². The predicted octanol–water partition coefficient (Wildman–Crippen LogP) is 13.1. The van der Waals surface area contributed by atoms with Crippen LogP contribution in [0.3, 0.4) is 0 Å². The van der Waals surface area contributed by atoms with Crippen LogP contribution < -0.4 is 0 Å². The molecular formula is C46H29FO. The zero-order valence-electron chi connectivity index (χ0n) is 26.1. The number of hydrogen-bond acceptors (Lipinski definition) is 1. The van der Waals surface area contributed by atoms with E-state index in [2.05, 4.69) is 121 Å². The standard InChI is InChI=1S/C46H29FO/c47-45-37-21-10-8-19-35(37)43(36-20-9-11-22-38(36)45)29-25-26-30-39-23-12-24-40(46(39)48-41(30)27-29)44-33-17-6-4-15-31(33)42(28-13-2-1-3-14-28)32-16-5-7-18-34(32)44/h1-8,10-19,21-27H,9,20H2. The van der Waals surface area contributed by atoms with Gasteiger partial charge in [-0.25, -0.2) is 4.39 Å². The minimum absolute atomic E-state index is 0.132. The van der Waals surface area contributed by atoms with Crippen molar-refractivity contribution in [2.45, 2.75) is 12.8 Å². The highest BCUT2D eigenvalue weighted by Gasteiger charge is 2.23. The first-order valence-electron chi connectivity index (χ1n) is 16.6. The Morgan fingerprint density at radius 2 is 1.08 bits per heavy atom. The van der Waals surface area contributed by atoms with E-state index in [1.54, 1.807) is 0 Å². The number of benzene rings is 8. The Morgan fingerprint density at radius 3 is 1.79 bits per heavy atom. The lowest BCUT2D eigenvalue weighted by molar-refractivity contribution is 0.633. The molecule has 8 aromatic carbocycles. The third-order valence-corrected chi connectivity index (χ3v) is 10.2. The zero-order chi connectivity index (χ0) is 31.8. The van der Waals surface area contributed by atoms with E-state index in [0.717, 1.165) is 62.4 Å². The number of halogens is 1. The first kappa shape index (κ1) is 27.2. The minimum atomic E-state index is -0.132. The van der Waals surface area contributed by atoms with E-state index in [9.17, 15) is 0 Å². The van der Waals surface area contributed by atoms with Gasteiger partial charge in [0.05, 0.1) is 0 Å². The van der Waals surface area contributed by atoms with Crippen LogP contribution >= 0.6 is 0 Å². The molecule has 0 radical (unpaired) electrons. The second kappa shape index (κ2) is 10.5. The summed E-state index contributed by atoms with van der Waals surface area (Å²) in [6.45, 7) is 0. The van der Waals surface area contributed by atoms with Crippen LogP contribution in [0.1, 0.15) is 17.5 Å². The molecule has 1 nitrogen and oxygen atoms in total. The number of furan rings is 1. The fraction of sp³-hybridized carbons (Fsp3) is 0.0435. The van der Waals surface area contributed by atoms with Gasteiger partial charge in [-0.2, -0.15) is 0 Å². The van der Waals surface area contributed by atoms with Crippen molar-refractivity contribution in [2.24, 2.45) is 0 Å². The van der Waals surface area contributed by atoms with Gasteiger partial charge in [0.2, 0.25) is 0 Å². The Balaban J connectivity index is 1.25. The molecule has 9 aromatic rings. The Bertz CT molecular complexity index is 2730. The van der Waals surface area contributed by atoms with Crippen molar-refractivity contribution < 1.29 is 8.81 Å². The summed E-state index contributed by atoms with van der Waals surface area (Å²) in [5.74, 6) is -0.132. The molecule has 0 saturated heterocycles. The zero-order valence-corrected chi connectivity index (χ0v) is 26.1. The molecule has 0 N–H and O–H groups in total. The number of hydrogen-bond donors (Lipinski definition) is 0. The average molecular weight is 617 g/mol. The van der Waals surface area contributed by atoms with Gasteiger partial charge in [0.1, 0.15) is 17.0 Å². The fourth-order valence-electron chi connectivity index (χ4n) is 8.14. The molecule has 1 aliphatic carbocycles. The molecule has 226 valence electrons. The Labute approximate surface area is 277 Å². The van der Waals surface area contributed by atoms with Crippen LogP contribution in [0.5, 0.6) is 0 Å². The monoisotopic (exact) mass is 616 g/mol. The van der Waals surface area contributed by atoms with Crippen molar-refractivity contribution in [3.63, 3.8) is 0 Å². The summed E-state index contributed by atoms with van der Waals surface area (Å²) in [4.78, 5) is 0. The van der Waals surface area contributed by atoms with Gasteiger partial charge in [0.15, 0.2) is 0 Å².